The lowest BCUT2D eigenvalue weighted by Crippen LogP contribution is -2.37. The van der Waals surface area contributed by atoms with Gasteiger partial charge in [-0.1, -0.05) is 18.2 Å². The predicted octanol–water partition coefficient (Wildman–Crippen LogP) is 2.49. The molecule has 1 aliphatic heterocycles. The third kappa shape index (κ3) is 3.15. The third-order valence-electron chi connectivity index (χ3n) is 3.67. The Bertz CT molecular complexity index is 1000. The number of carbonyl (C=O) groups excluding carboxylic acids is 2. The summed E-state index contributed by atoms with van der Waals surface area (Å²) in [5.41, 5.74) is -1.18. The summed E-state index contributed by atoms with van der Waals surface area (Å²) in [7, 11) is -4.17. The summed E-state index contributed by atoms with van der Waals surface area (Å²) in [4.78, 5) is 24.1. The SMILES string of the molecule is O=C(CN1C(=O)c2ccccc2S1(=O)=O)Nc1cccc(C(F)(F)F)c1. The second kappa shape index (κ2) is 6.13. The van der Waals surface area contributed by atoms with Crippen molar-refractivity contribution < 1.29 is 31.2 Å². The fourth-order valence-corrected chi connectivity index (χ4v) is 4.02. The molecule has 1 N–H and O–H groups in total. The molecule has 0 saturated heterocycles. The van der Waals surface area contributed by atoms with Crippen LogP contribution in [0.4, 0.5) is 18.9 Å². The number of hydrogen-bond donors (Lipinski definition) is 1. The Morgan fingerprint density at radius 2 is 1.77 bits per heavy atom. The molecule has 2 amide bonds. The number of nitrogens with zero attached hydrogens (tertiary/aromatic N) is 1. The van der Waals surface area contributed by atoms with E-state index in [1.54, 1.807) is 0 Å². The molecule has 136 valence electrons. The Balaban J connectivity index is 1.79. The maximum atomic E-state index is 12.7. The van der Waals surface area contributed by atoms with Crippen molar-refractivity contribution in [1.82, 2.24) is 4.31 Å². The smallest absolute Gasteiger partial charge is 0.324 e. The summed E-state index contributed by atoms with van der Waals surface area (Å²) >= 11 is 0. The second-order valence-corrected chi connectivity index (χ2v) is 7.27. The molecule has 0 bridgehead atoms. The fourth-order valence-electron chi connectivity index (χ4n) is 2.49. The fraction of sp³-hybridized carbons (Fsp3) is 0.125. The number of hydrogen-bond acceptors (Lipinski definition) is 4. The van der Waals surface area contributed by atoms with Gasteiger partial charge in [-0.25, -0.2) is 12.7 Å². The number of amides is 2. The molecule has 0 aromatic heterocycles. The first kappa shape index (κ1) is 17.9. The molecule has 0 aliphatic carbocycles. The highest BCUT2D eigenvalue weighted by Gasteiger charge is 2.41. The minimum absolute atomic E-state index is 0.0561. The molecule has 0 fully saturated rings. The van der Waals surface area contributed by atoms with Crippen LogP contribution in [0.5, 0.6) is 0 Å². The average Bonchev–Trinajstić information content (AvgIpc) is 2.76. The van der Waals surface area contributed by atoms with Gasteiger partial charge >= 0.3 is 6.18 Å². The van der Waals surface area contributed by atoms with Gasteiger partial charge < -0.3 is 5.32 Å². The van der Waals surface area contributed by atoms with Crippen molar-refractivity contribution >= 4 is 27.5 Å². The van der Waals surface area contributed by atoms with E-state index in [4.69, 9.17) is 0 Å². The van der Waals surface area contributed by atoms with E-state index in [2.05, 4.69) is 5.32 Å². The van der Waals surface area contributed by atoms with E-state index in [9.17, 15) is 31.2 Å². The van der Waals surface area contributed by atoms with Crippen molar-refractivity contribution in [2.75, 3.05) is 11.9 Å². The molecular weight excluding hydrogens is 373 g/mol. The van der Waals surface area contributed by atoms with Gasteiger partial charge in [0.15, 0.2) is 0 Å². The Hall–Kier alpha value is -2.88. The molecule has 3 rings (SSSR count). The van der Waals surface area contributed by atoms with Gasteiger partial charge in [0.05, 0.1) is 11.1 Å². The van der Waals surface area contributed by atoms with Crippen molar-refractivity contribution in [3.63, 3.8) is 0 Å². The van der Waals surface area contributed by atoms with E-state index < -0.39 is 40.1 Å². The van der Waals surface area contributed by atoms with E-state index >= 15 is 0 Å². The maximum Gasteiger partial charge on any atom is 0.416 e. The van der Waals surface area contributed by atoms with Crippen LogP contribution in [0.1, 0.15) is 15.9 Å². The molecule has 2 aromatic rings. The van der Waals surface area contributed by atoms with Gasteiger partial charge in [-0.2, -0.15) is 13.2 Å². The topological polar surface area (TPSA) is 83.6 Å². The van der Waals surface area contributed by atoms with Crippen molar-refractivity contribution in [2.45, 2.75) is 11.1 Å². The number of fused-ring (bicyclic) bond motifs is 1. The van der Waals surface area contributed by atoms with Crippen LogP contribution in [0.2, 0.25) is 0 Å². The summed E-state index contributed by atoms with van der Waals surface area (Å²) in [5, 5.41) is 2.17. The van der Waals surface area contributed by atoms with Gasteiger partial charge in [-0.15, -0.1) is 0 Å². The lowest BCUT2D eigenvalue weighted by molar-refractivity contribution is -0.137. The highest BCUT2D eigenvalue weighted by atomic mass is 32.2. The van der Waals surface area contributed by atoms with Crippen LogP contribution in [-0.4, -0.2) is 31.1 Å². The number of rotatable bonds is 3. The predicted molar refractivity (Wildman–Crippen MR) is 84.7 cm³/mol. The van der Waals surface area contributed by atoms with Gasteiger partial charge in [0.1, 0.15) is 11.4 Å². The van der Waals surface area contributed by atoms with Crippen LogP contribution in [0, 0.1) is 0 Å². The minimum atomic E-state index is -4.59. The number of anilines is 1. The van der Waals surface area contributed by atoms with Crippen molar-refractivity contribution in [3.8, 4) is 0 Å². The molecule has 0 atom stereocenters. The summed E-state index contributed by atoms with van der Waals surface area (Å²) in [5.74, 6) is -1.80. The zero-order chi connectivity index (χ0) is 19.1. The summed E-state index contributed by atoms with van der Waals surface area (Å²) in [6, 6.07) is 9.36. The third-order valence-corrected chi connectivity index (χ3v) is 5.46. The standard InChI is InChI=1S/C16H11F3N2O4S/c17-16(18,19)10-4-3-5-11(8-10)20-14(22)9-21-15(23)12-6-1-2-7-13(12)26(21,24)25/h1-8H,9H2,(H,20,22). The molecule has 6 nitrogen and oxygen atoms in total. The van der Waals surface area contributed by atoms with E-state index in [0.29, 0.717) is 10.4 Å². The van der Waals surface area contributed by atoms with E-state index in [1.807, 2.05) is 0 Å². The number of halogens is 3. The van der Waals surface area contributed by atoms with Gasteiger partial charge in [0.25, 0.3) is 15.9 Å². The quantitative estimate of drug-likeness (QED) is 0.881. The van der Waals surface area contributed by atoms with Crippen LogP contribution < -0.4 is 5.32 Å². The van der Waals surface area contributed by atoms with Crippen molar-refractivity contribution in [2.24, 2.45) is 0 Å². The van der Waals surface area contributed by atoms with E-state index in [0.717, 1.165) is 12.1 Å². The normalized spacial score (nSPS) is 15.7. The molecule has 0 unspecified atom stereocenters. The molecule has 10 heteroatoms. The maximum absolute atomic E-state index is 12.7. The average molecular weight is 384 g/mol. The van der Waals surface area contributed by atoms with Crippen LogP contribution in [0.25, 0.3) is 0 Å². The zero-order valence-electron chi connectivity index (χ0n) is 12.9. The van der Waals surface area contributed by atoms with Gasteiger partial charge in [0, 0.05) is 5.69 Å². The van der Waals surface area contributed by atoms with Crippen LogP contribution >= 0.6 is 0 Å². The van der Waals surface area contributed by atoms with E-state index in [-0.39, 0.29) is 16.1 Å². The van der Waals surface area contributed by atoms with Gasteiger partial charge in [0.2, 0.25) is 5.91 Å². The first-order valence-corrected chi connectivity index (χ1v) is 8.68. The number of alkyl halides is 3. The molecule has 0 radical (unpaired) electrons. The first-order valence-electron chi connectivity index (χ1n) is 7.24. The largest absolute Gasteiger partial charge is 0.416 e. The van der Waals surface area contributed by atoms with Gasteiger partial charge in [-0.05, 0) is 30.3 Å². The number of sulfonamides is 1. The molecule has 1 aliphatic rings. The molecule has 0 saturated carbocycles. The van der Waals surface area contributed by atoms with E-state index in [1.165, 1.54) is 30.3 Å². The highest BCUT2D eigenvalue weighted by molar-refractivity contribution is 7.90. The highest BCUT2D eigenvalue weighted by Crippen LogP contribution is 2.31. The lowest BCUT2D eigenvalue weighted by atomic mass is 10.2. The molecule has 0 spiro atoms. The van der Waals surface area contributed by atoms with Crippen molar-refractivity contribution in [1.29, 1.82) is 0 Å². The van der Waals surface area contributed by atoms with Gasteiger partial charge in [-0.3, -0.25) is 9.59 Å². The first-order chi connectivity index (χ1) is 12.1. The Morgan fingerprint density at radius 1 is 1.08 bits per heavy atom. The molecule has 26 heavy (non-hydrogen) atoms. The zero-order valence-corrected chi connectivity index (χ0v) is 13.8. The Labute approximate surface area is 146 Å². The summed E-state index contributed by atoms with van der Waals surface area (Å²) in [6.45, 7) is -0.841. The van der Waals surface area contributed by atoms with Crippen LogP contribution in [-0.2, 0) is 21.0 Å². The number of nitrogens with one attached hydrogen (secondary N) is 1. The van der Waals surface area contributed by atoms with Crippen LogP contribution in [0.3, 0.4) is 0 Å². The lowest BCUT2D eigenvalue weighted by Gasteiger charge is -2.15. The molecular formula is C16H11F3N2O4S. The Kier molecular flexibility index (Phi) is 4.23. The Morgan fingerprint density at radius 3 is 2.42 bits per heavy atom. The summed E-state index contributed by atoms with van der Waals surface area (Å²) < 4.78 is 63.2. The summed E-state index contributed by atoms with van der Waals surface area (Å²) in [6.07, 6.45) is -4.59. The second-order valence-electron chi connectivity index (χ2n) is 5.44. The van der Waals surface area contributed by atoms with Crippen molar-refractivity contribution in [3.05, 3.63) is 59.7 Å². The monoisotopic (exact) mass is 384 g/mol. The number of carbonyl (C=O) groups is 2. The molecule has 1 heterocycles. The number of benzene rings is 2. The van der Waals surface area contributed by atoms with Crippen LogP contribution in [0.15, 0.2) is 53.4 Å². The minimum Gasteiger partial charge on any atom is -0.324 e. The molecule has 2 aromatic carbocycles.